The minimum Gasteiger partial charge on any atom is -0.480 e. The number of methoxy groups -OCH3 is 2. The molecule has 312 valence electrons. The highest BCUT2D eigenvalue weighted by Crippen LogP contribution is 2.02. The molecule has 19 nitrogen and oxygen atoms in total. The quantitative estimate of drug-likeness (QED) is 0.0877. The molecule has 0 radical (unpaired) electrons. The van der Waals surface area contributed by atoms with Gasteiger partial charge in [0.2, 0.25) is 17.7 Å². The first-order chi connectivity index (χ1) is 26.0. The molecule has 0 aliphatic heterocycles. The number of aliphatic carboxylic acids is 1. The van der Waals surface area contributed by atoms with E-state index in [1.165, 1.54) is 41.9 Å². The standard InChI is InChI=1S/C18H25N3O6.C14H18N2O5.C4H9NO2.ClH/c1-12(16(23)19-10-9-15(22)26-3)20-17(24)13(2)21-18(25)27-11-14-7-5-4-6-8-14;1-9(12(17)15-10(2)13(18)19)16-14(20)21-8-11-6-4-3-5-7-11;1-7-4(6)2-3-5;/h4-8,12-13H,9-11H2,1-3H3,(H,19,23)(H,20,24)(H,21,25);3-7,9-10H,8H2,1-2H3,(H,15,17)(H,16,20)(H,18,19);2-3,5H2,1H3;1H/t12-,13-;9-,10-;;/m00../s1. The van der Waals surface area contributed by atoms with Gasteiger partial charge in [-0.3, -0.25) is 28.8 Å². The molecule has 0 spiro atoms. The van der Waals surface area contributed by atoms with E-state index in [1.807, 2.05) is 48.5 Å². The third kappa shape index (κ3) is 25.1. The molecule has 2 aromatic rings. The smallest absolute Gasteiger partial charge is 0.408 e. The molecule has 8 N–H and O–H groups in total. The van der Waals surface area contributed by atoms with Gasteiger partial charge in [0, 0.05) is 13.1 Å². The Morgan fingerprint density at radius 1 is 0.589 bits per heavy atom. The Hall–Kier alpha value is -5.95. The van der Waals surface area contributed by atoms with Crippen molar-refractivity contribution in [3.63, 3.8) is 0 Å². The number of hydrogen-bond donors (Lipinski definition) is 7. The topological polar surface area (TPSA) is 280 Å². The average Bonchev–Trinajstić information content (AvgIpc) is 3.17. The van der Waals surface area contributed by atoms with Gasteiger partial charge in [0.25, 0.3) is 0 Å². The number of halogens is 1. The van der Waals surface area contributed by atoms with Crippen LogP contribution in [0.2, 0.25) is 0 Å². The van der Waals surface area contributed by atoms with Crippen molar-refractivity contribution in [3.8, 4) is 0 Å². The normalized spacial score (nSPS) is 11.8. The molecule has 2 rings (SSSR count). The number of esters is 2. The van der Waals surface area contributed by atoms with Crippen LogP contribution in [0.25, 0.3) is 0 Å². The van der Waals surface area contributed by atoms with Gasteiger partial charge >= 0.3 is 30.1 Å². The second kappa shape index (κ2) is 30.4. The van der Waals surface area contributed by atoms with Crippen molar-refractivity contribution < 1.29 is 62.4 Å². The van der Waals surface area contributed by atoms with Crippen molar-refractivity contribution in [2.45, 2.75) is 77.9 Å². The highest BCUT2D eigenvalue weighted by Gasteiger charge is 2.22. The first kappa shape index (κ1) is 52.2. The van der Waals surface area contributed by atoms with Crippen molar-refractivity contribution in [1.29, 1.82) is 0 Å². The van der Waals surface area contributed by atoms with Gasteiger partial charge in [-0.1, -0.05) is 60.7 Å². The Kier molecular flexibility index (Phi) is 28.3. The summed E-state index contributed by atoms with van der Waals surface area (Å²) in [6.45, 7) is 6.38. The molecule has 20 heteroatoms. The van der Waals surface area contributed by atoms with Gasteiger partial charge in [-0.2, -0.15) is 0 Å². The number of ether oxygens (including phenoxy) is 4. The van der Waals surface area contributed by atoms with Gasteiger partial charge in [0.15, 0.2) is 0 Å². The summed E-state index contributed by atoms with van der Waals surface area (Å²) in [4.78, 5) is 90.5. The second-order valence-corrected chi connectivity index (χ2v) is 11.4. The van der Waals surface area contributed by atoms with E-state index in [2.05, 4.69) is 36.1 Å². The highest BCUT2D eigenvalue weighted by atomic mass is 35.5. The van der Waals surface area contributed by atoms with E-state index in [-0.39, 0.29) is 44.6 Å². The summed E-state index contributed by atoms with van der Waals surface area (Å²) in [6, 6.07) is 14.6. The van der Waals surface area contributed by atoms with Crippen LogP contribution < -0.4 is 32.3 Å². The number of carboxylic acid groups (broad SMARTS) is 1. The third-order valence-electron chi connectivity index (χ3n) is 6.79. The molecule has 0 heterocycles. The van der Waals surface area contributed by atoms with E-state index in [0.717, 1.165) is 11.1 Å². The van der Waals surface area contributed by atoms with Gasteiger partial charge in [0.1, 0.15) is 37.4 Å². The molecule has 0 saturated heterocycles. The molecule has 2 aromatic carbocycles. The second-order valence-electron chi connectivity index (χ2n) is 11.4. The SMILES string of the molecule is COC(=O)CCN.COC(=O)CCNC(=O)[C@H](C)NC(=O)[C@H](C)NC(=O)OCc1ccccc1.C[C@H](NC(=O)[C@H](C)NC(=O)OCc1ccccc1)C(=O)O.Cl. The molecule has 4 atom stereocenters. The number of carbonyl (C=O) groups excluding carboxylic acids is 7. The summed E-state index contributed by atoms with van der Waals surface area (Å²) >= 11 is 0. The Balaban J connectivity index is 0. The van der Waals surface area contributed by atoms with Crippen LogP contribution >= 0.6 is 12.4 Å². The van der Waals surface area contributed by atoms with Gasteiger partial charge in [-0.25, -0.2) is 9.59 Å². The molecular formula is C36H53ClN6O13. The molecule has 5 amide bonds. The number of benzene rings is 2. The lowest BCUT2D eigenvalue weighted by molar-refractivity contribution is -0.141. The van der Waals surface area contributed by atoms with Crippen molar-refractivity contribution >= 4 is 60.2 Å². The monoisotopic (exact) mass is 812 g/mol. The Morgan fingerprint density at radius 3 is 1.32 bits per heavy atom. The Labute approximate surface area is 331 Å². The Morgan fingerprint density at radius 2 is 0.964 bits per heavy atom. The van der Waals surface area contributed by atoms with E-state index in [9.17, 15) is 38.4 Å². The summed E-state index contributed by atoms with van der Waals surface area (Å²) < 4.78 is 18.7. The van der Waals surface area contributed by atoms with Crippen molar-refractivity contribution in [1.82, 2.24) is 26.6 Å². The fourth-order valence-corrected chi connectivity index (χ4v) is 3.58. The molecule has 0 fully saturated rings. The third-order valence-corrected chi connectivity index (χ3v) is 6.79. The van der Waals surface area contributed by atoms with Gasteiger partial charge in [0.05, 0.1) is 27.1 Å². The molecule has 0 unspecified atom stereocenters. The van der Waals surface area contributed by atoms with Crippen LogP contribution in [0, 0.1) is 0 Å². The minimum atomic E-state index is -1.15. The lowest BCUT2D eigenvalue weighted by Crippen LogP contribution is -2.51. The van der Waals surface area contributed by atoms with Crippen molar-refractivity contribution in [2.24, 2.45) is 5.73 Å². The van der Waals surface area contributed by atoms with Crippen LogP contribution in [0.3, 0.4) is 0 Å². The lowest BCUT2D eigenvalue weighted by Gasteiger charge is -2.18. The molecule has 0 saturated carbocycles. The molecule has 56 heavy (non-hydrogen) atoms. The van der Waals surface area contributed by atoms with Crippen molar-refractivity contribution in [2.75, 3.05) is 27.3 Å². The van der Waals surface area contributed by atoms with Gasteiger partial charge < -0.3 is 56.4 Å². The minimum absolute atomic E-state index is 0. The number of amides is 5. The zero-order valence-electron chi connectivity index (χ0n) is 32.2. The van der Waals surface area contributed by atoms with Crippen LogP contribution in [-0.4, -0.2) is 104 Å². The maximum atomic E-state index is 12.1. The number of carboxylic acids is 1. The summed E-state index contributed by atoms with van der Waals surface area (Å²) in [5, 5.41) is 20.6. The lowest BCUT2D eigenvalue weighted by atomic mass is 10.2. The average molecular weight is 813 g/mol. The van der Waals surface area contributed by atoms with Crippen LogP contribution in [0.4, 0.5) is 9.59 Å². The summed E-state index contributed by atoms with van der Waals surface area (Å²) in [7, 11) is 2.60. The number of nitrogens with two attached hydrogens (primary N) is 1. The van der Waals surface area contributed by atoms with Crippen molar-refractivity contribution in [3.05, 3.63) is 71.8 Å². The van der Waals surface area contributed by atoms with Gasteiger partial charge in [-0.05, 0) is 38.8 Å². The van der Waals surface area contributed by atoms with E-state index in [0.29, 0.717) is 13.0 Å². The summed E-state index contributed by atoms with van der Waals surface area (Å²) in [5.41, 5.74) is 6.65. The van der Waals surface area contributed by atoms with E-state index in [4.69, 9.17) is 20.3 Å². The number of carbonyl (C=O) groups is 8. The summed E-state index contributed by atoms with van der Waals surface area (Å²) in [5.74, 6) is -3.43. The maximum absolute atomic E-state index is 12.1. The van der Waals surface area contributed by atoms with E-state index < -0.39 is 66.0 Å². The number of hydrogen-bond acceptors (Lipinski definition) is 13. The number of rotatable bonds is 17. The predicted octanol–water partition coefficient (Wildman–Crippen LogP) is 1.31. The Bertz CT molecular complexity index is 1520. The number of alkyl carbamates (subject to hydrolysis) is 2. The molecule has 0 aliphatic carbocycles. The largest absolute Gasteiger partial charge is 0.480 e. The van der Waals surface area contributed by atoms with Crippen LogP contribution in [-0.2, 0) is 60.9 Å². The van der Waals surface area contributed by atoms with E-state index in [1.54, 1.807) is 12.1 Å². The zero-order chi connectivity index (χ0) is 41.8. The summed E-state index contributed by atoms with van der Waals surface area (Å²) in [6.07, 6.45) is -1.13. The van der Waals surface area contributed by atoms with Crippen LogP contribution in [0.15, 0.2) is 60.7 Å². The van der Waals surface area contributed by atoms with Gasteiger partial charge in [-0.15, -0.1) is 12.4 Å². The first-order valence-corrected chi connectivity index (χ1v) is 16.9. The maximum Gasteiger partial charge on any atom is 0.408 e. The predicted molar refractivity (Wildman–Crippen MR) is 204 cm³/mol. The molecule has 0 aromatic heterocycles. The first-order valence-electron chi connectivity index (χ1n) is 16.9. The highest BCUT2D eigenvalue weighted by molar-refractivity contribution is 5.91. The number of nitrogens with one attached hydrogen (secondary N) is 5. The molecular weight excluding hydrogens is 760 g/mol. The van der Waals surface area contributed by atoms with E-state index >= 15 is 0 Å². The van der Waals surface area contributed by atoms with Crippen LogP contribution in [0.1, 0.15) is 51.7 Å². The fourth-order valence-electron chi connectivity index (χ4n) is 3.58. The molecule has 0 aliphatic rings. The zero-order valence-corrected chi connectivity index (χ0v) is 33.0. The fraction of sp³-hybridized carbons (Fsp3) is 0.444. The van der Waals surface area contributed by atoms with Crippen LogP contribution in [0.5, 0.6) is 0 Å². The molecule has 0 bridgehead atoms.